The Hall–Kier alpha value is -1.38. The van der Waals surface area contributed by atoms with Crippen molar-refractivity contribution in [2.75, 3.05) is 0 Å². The molecule has 1 aromatic heterocycles. The van der Waals surface area contributed by atoms with Crippen LogP contribution in [0.2, 0.25) is 0 Å². The van der Waals surface area contributed by atoms with Crippen LogP contribution in [0.15, 0.2) is 29.7 Å². The van der Waals surface area contributed by atoms with Crippen LogP contribution in [0, 0.1) is 5.92 Å². The summed E-state index contributed by atoms with van der Waals surface area (Å²) < 4.78 is 0. The minimum absolute atomic E-state index is 0.338. The van der Waals surface area contributed by atoms with Gasteiger partial charge in [0, 0.05) is 23.9 Å². The number of hydrogen-bond donors (Lipinski definition) is 0. The second-order valence-electron chi connectivity index (χ2n) is 3.90. The fourth-order valence-electron chi connectivity index (χ4n) is 2.34. The van der Waals surface area contributed by atoms with Crippen LogP contribution in [0.3, 0.4) is 0 Å². The van der Waals surface area contributed by atoms with E-state index in [4.69, 9.17) is 4.84 Å². The van der Waals surface area contributed by atoms with Crippen molar-refractivity contribution in [3.05, 3.63) is 30.1 Å². The van der Waals surface area contributed by atoms with Crippen LogP contribution in [0.25, 0.3) is 0 Å². The molecule has 3 rings (SSSR count). The molecule has 1 aliphatic carbocycles. The first kappa shape index (κ1) is 7.97. The van der Waals surface area contributed by atoms with Gasteiger partial charge < -0.3 is 4.84 Å². The summed E-state index contributed by atoms with van der Waals surface area (Å²) in [5.74, 6) is 0.513. The predicted octanol–water partition coefficient (Wildman–Crippen LogP) is 1.98. The zero-order valence-corrected chi connectivity index (χ0v) is 7.89. The van der Waals surface area contributed by atoms with E-state index in [1.807, 2.05) is 12.3 Å². The molecule has 1 aromatic rings. The Kier molecular flexibility index (Phi) is 1.76. The van der Waals surface area contributed by atoms with Crippen LogP contribution in [0.5, 0.6) is 0 Å². The summed E-state index contributed by atoms with van der Waals surface area (Å²) in [6, 6.07) is 4.00. The van der Waals surface area contributed by atoms with Gasteiger partial charge in [0.2, 0.25) is 0 Å². The highest BCUT2D eigenvalue weighted by molar-refractivity contribution is 6.02. The van der Waals surface area contributed by atoms with Crippen molar-refractivity contribution in [3.63, 3.8) is 0 Å². The highest BCUT2D eigenvalue weighted by atomic mass is 16.6. The fourth-order valence-corrected chi connectivity index (χ4v) is 2.34. The minimum Gasteiger partial charge on any atom is -0.392 e. The van der Waals surface area contributed by atoms with Crippen LogP contribution < -0.4 is 0 Å². The molecule has 14 heavy (non-hydrogen) atoms. The second kappa shape index (κ2) is 3.08. The van der Waals surface area contributed by atoms with Crippen LogP contribution in [0.4, 0.5) is 0 Å². The van der Waals surface area contributed by atoms with Gasteiger partial charge in [0.25, 0.3) is 0 Å². The van der Waals surface area contributed by atoms with Crippen molar-refractivity contribution in [2.24, 2.45) is 11.1 Å². The maximum absolute atomic E-state index is 5.40. The molecular weight excluding hydrogens is 176 g/mol. The molecule has 0 N–H and O–H groups in total. The van der Waals surface area contributed by atoms with Crippen molar-refractivity contribution >= 4 is 5.71 Å². The van der Waals surface area contributed by atoms with Gasteiger partial charge in [0.05, 0.1) is 5.71 Å². The molecule has 1 aliphatic heterocycles. The highest BCUT2D eigenvalue weighted by Crippen LogP contribution is 2.35. The molecule has 3 nitrogen and oxygen atoms in total. The topological polar surface area (TPSA) is 34.5 Å². The number of rotatable bonds is 1. The Bertz CT molecular complexity index is 361. The largest absolute Gasteiger partial charge is 0.392 e. The third-order valence-corrected chi connectivity index (χ3v) is 3.05. The lowest BCUT2D eigenvalue weighted by Gasteiger charge is -2.07. The van der Waals surface area contributed by atoms with E-state index in [1.165, 1.54) is 12.8 Å². The average Bonchev–Trinajstić information content (AvgIpc) is 2.79. The van der Waals surface area contributed by atoms with Gasteiger partial charge in [-0.3, -0.25) is 4.98 Å². The lowest BCUT2D eigenvalue weighted by Crippen LogP contribution is -2.17. The number of hydrogen-bond acceptors (Lipinski definition) is 3. The molecule has 0 saturated heterocycles. The smallest absolute Gasteiger partial charge is 0.136 e. The average molecular weight is 188 g/mol. The molecule has 0 amide bonds. The highest BCUT2D eigenvalue weighted by Gasteiger charge is 2.38. The third-order valence-electron chi connectivity index (χ3n) is 3.05. The monoisotopic (exact) mass is 188 g/mol. The summed E-state index contributed by atoms with van der Waals surface area (Å²) in [4.78, 5) is 9.51. The minimum atomic E-state index is 0.338. The number of aromatic nitrogens is 1. The fraction of sp³-hybridized carbons (Fsp3) is 0.455. The predicted molar refractivity (Wildman–Crippen MR) is 53.0 cm³/mol. The molecule has 2 aliphatic rings. The van der Waals surface area contributed by atoms with Gasteiger partial charge >= 0.3 is 0 Å². The molecule has 0 bridgehead atoms. The van der Waals surface area contributed by atoms with Crippen molar-refractivity contribution in [1.29, 1.82) is 0 Å². The maximum Gasteiger partial charge on any atom is 0.136 e. The lowest BCUT2D eigenvalue weighted by atomic mass is 9.96. The summed E-state index contributed by atoms with van der Waals surface area (Å²) in [6.07, 6.45) is 7.60. The Morgan fingerprint density at radius 2 is 2.36 bits per heavy atom. The number of fused-ring (bicyclic) bond motifs is 1. The van der Waals surface area contributed by atoms with Crippen LogP contribution in [-0.2, 0) is 4.84 Å². The molecule has 2 heterocycles. The maximum atomic E-state index is 5.40. The zero-order chi connectivity index (χ0) is 9.38. The molecular formula is C11H12N2O. The van der Waals surface area contributed by atoms with Gasteiger partial charge in [-0.25, -0.2) is 0 Å². The normalized spacial score (nSPS) is 29.6. The summed E-state index contributed by atoms with van der Waals surface area (Å²) in [6.45, 7) is 0. The van der Waals surface area contributed by atoms with Gasteiger partial charge in [-0.15, -0.1) is 0 Å². The van der Waals surface area contributed by atoms with E-state index in [0.717, 1.165) is 17.7 Å². The molecule has 3 heteroatoms. The lowest BCUT2D eigenvalue weighted by molar-refractivity contribution is 0.0746. The van der Waals surface area contributed by atoms with E-state index in [0.29, 0.717) is 12.0 Å². The summed E-state index contributed by atoms with van der Waals surface area (Å²) >= 11 is 0. The molecule has 1 fully saturated rings. The number of nitrogens with zero attached hydrogens (tertiary/aromatic N) is 2. The second-order valence-corrected chi connectivity index (χ2v) is 3.90. The molecule has 0 radical (unpaired) electrons. The van der Waals surface area contributed by atoms with E-state index < -0.39 is 0 Å². The Labute approximate surface area is 82.8 Å². The van der Waals surface area contributed by atoms with Crippen molar-refractivity contribution < 1.29 is 4.84 Å². The summed E-state index contributed by atoms with van der Waals surface area (Å²) in [5, 5.41) is 4.17. The first-order valence-corrected chi connectivity index (χ1v) is 5.09. The van der Waals surface area contributed by atoms with Gasteiger partial charge in [-0.05, 0) is 31.4 Å². The van der Waals surface area contributed by atoms with Crippen LogP contribution in [-0.4, -0.2) is 16.8 Å². The number of pyridine rings is 1. The van der Waals surface area contributed by atoms with Crippen molar-refractivity contribution in [2.45, 2.75) is 25.4 Å². The van der Waals surface area contributed by atoms with E-state index in [9.17, 15) is 0 Å². The molecule has 2 atom stereocenters. The molecule has 72 valence electrons. The SMILES string of the molecule is c1cncc(C2=NOC3CCCC23)c1. The van der Waals surface area contributed by atoms with Crippen LogP contribution in [0.1, 0.15) is 24.8 Å². The van der Waals surface area contributed by atoms with Gasteiger partial charge in [0.1, 0.15) is 6.10 Å². The van der Waals surface area contributed by atoms with Crippen molar-refractivity contribution in [1.82, 2.24) is 4.98 Å². The quantitative estimate of drug-likeness (QED) is 0.675. The van der Waals surface area contributed by atoms with Gasteiger partial charge in [-0.1, -0.05) is 5.16 Å². The molecule has 0 aromatic carbocycles. The third kappa shape index (κ3) is 1.12. The zero-order valence-electron chi connectivity index (χ0n) is 7.89. The van der Waals surface area contributed by atoms with Crippen LogP contribution >= 0.6 is 0 Å². The summed E-state index contributed by atoms with van der Waals surface area (Å²) in [7, 11) is 0. The Morgan fingerprint density at radius 1 is 1.36 bits per heavy atom. The van der Waals surface area contributed by atoms with E-state index in [1.54, 1.807) is 6.20 Å². The standard InChI is InChI=1S/C11H12N2O/c1-4-9-10(5-1)14-13-11(9)8-3-2-6-12-7-8/h2-3,6-7,9-10H,1,4-5H2. The molecule has 1 saturated carbocycles. The van der Waals surface area contributed by atoms with Gasteiger partial charge in [-0.2, -0.15) is 0 Å². The first-order chi connectivity index (χ1) is 6.95. The van der Waals surface area contributed by atoms with E-state index >= 15 is 0 Å². The molecule has 0 spiro atoms. The van der Waals surface area contributed by atoms with E-state index in [-0.39, 0.29) is 0 Å². The summed E-state index contributed by atoms with van der Waals surface area (Å²) in [5.41, 5.74) is 2.21. The van der Waals surface area contributed by atoms with E-state index in [2.05, 4.69) is 16.2 Å². The Balaban J connectivity index is 1.93. The Morgan fingerprint density at radius 3 is 3.21 bits per heavy atom. The van der Waals surface area contributed by atoms with Gasteiger partial charge in [0.15, 0.2) is 0 Å². The molecule has 2 unspecified atom stereocenters. The first-order valence-electron chi connectivity index (χ1n) is 5.09. The number of oxime groups is 1. The van der Waals surface area contributed by atoms with Crippen molar-refractivity contribution in [3.8, 4) is 0 Å².